The second-order valence-electron chi connectivity index (χ2n) is 3.07. The third-order valence-electron chi connectivity index (χ3n) is 2.00. The Morgan fingerprint density at radius 1 is 1.53 bits per heavy atom. The number of para-hydroxylation sites is 1. The van der Waals surface area contributed by atoms with E-state index in [0.29, 0.717) is 11.5 Å². The fourth-order valence-corrected chi connectivity index (χ4v) is 1.52. The van der Waals surface area contributed by atoms with E-state index >= 15 is 0 Å². The summed E-state index contributed by atoms with van der Waals surface area (Å²) < 4.78 is 0. The third kappa shape index (κ3) is 2.48. The number of benzene rings is 1. The van der Waals surface area contributed by atoms with Gasteiger partial charge in [-0.25, -0.2) is 0 Å². The standard InChI is InChI=1S/C8H7ClN6O2/c9-5-2-1-3-6(8(5)15(16)17)10-4-7-11-13-14-12-7/h1-3,10H,4H2,(H,11,12,13,14). The molecule has 1 heterocycles. The lowest BCUT2D eigenvalue weighted by molar-refractivity contribution is -0.383. The van der Waals surface area contributed by atoms with Crippen LogP contribution in [-0.4, -0.2) is 25.5 Å². The Morgan fingerprint density at radius 2 is 2.35 bits per heavy atom. The van der Waals surface area contributed by atoms with E-state index in [0.717, 1.165) is 0 Å². The van der Waals surface area contributed by atoms with Gasteiger partial charge in [-0.05, 0) is 12.1 Å². The quantitative estimate of drug-likeness (QED) is 0.630. The van der Waals surface area contributed by atoms with Crippen LogP contribution in [-0.2, 0) is 6.54 Å². The van der Waals surface area contributed by atoms with Crippen LogP contribution in [0, 0.1) is 10.1 Å². The van der Waals surface area contributed by atoms with Gasteiger partial charge in [-0.2, -0.15) is 5.21 Å². The van der Waals surface area contributed by atoms with Gasteiger partial charge in [-0.15, -0.1) is 10.2 Å². The summed E-state index contributed by atoms with van der Waals surface area (Å²) in [6.45, 7) is 0.220. The van der Waals surface area contributed by atoms with E-state index in [-0.39, 0.29) is 17.3 Å². The molecule has 0 atom stereocenters. The van der Waals surface area contributed by atoms with Gasteiger partial charge >= 0.3 is 5.69 Å². The maximum Gasteiger partial charge on any atom is 0.310 e. The highest BCUT2D eigenvalue weighted by molar-refractivity contribution is 6.33. The number of nitro benzene ring substituents is 1. The molecule has 0 amide bonds. The fraction of sp³-hybridized carbons (Fsp3) is 0.125. The Bertz CT molecular complexity index is 529. The number of tetrazole rings is 1. The maximum atomic E-state index is 10.8. The minimum atomic E-state index is -0.541. The summed E-state index contributed by atoms with van der Waals surface area (Å²) in [4.78, 5) is 10.3. The molecule has 0 saturated heterocycles. The number of nitrogens with zero attached hydrogens (tertiary/aromatic N) is 4. The van der Waals surface area contributed by atoms with Crippen LogP contribution < -0.4 is 5.32 Å². The molecule has 8 nitrogen and oxygen atoms in total. The highest BCUT2D eigenvalue weighted by Crippen LogP contribution is 2.32. The van der Waals surface area contributed by atoms with E-state index in [1.807, 2.05) is 0 Å². The van der Waals surface area contributed by atoms with Crippen molar-refractivity contribution in [1.82, 2.24) is 20.6 Å². The van der Waals surface area contributed by atoms with Crippen molar-refractivity contribution in [3.05, 3.63) is 39.2 Å². The summed E-state index contributed by atoms with van der Waals surface area (Å²) in [5.41, 5.74) is 0.143. The first-order valence-corrected chi connectivity index (χ1v) is 4.95. The monoisotopic (exact) mass is 254 g/mol. The molecule has 0 radical (unpaired) electrons. The Kier molecular flexibility index (Phi) is 3.15. The second kappa shape index (κ2) is 4.74. The largest absolute Gasteiger partial charge is 0.372 e. The molecule has 0 unspecified atom stereocenters. The summed E-state index contributed by atoms with van der Waals surface area (Å²) in [7, 11) is 0. The number of aromatic nitrogens is 4. The van der Waals surface area contributed by atoms with Crippen LogP contribution in [0.3, 0.4) is 0 Å². The van der Waals surface area contributed by atoms with Crippen molar-refractivity contribution >= 4 is 23.0 Å². The number of nitrogens with one attached hydrogen (secondary N) is 2. The summed E-state index contributed by atoms with van der Waals surface area (Å²) in [5, 5.41) is 26.8. The molecule has 0 aliphatic heterocycles. The topological polar surface area (TPSA) is 110 Å². The number of halogens is 1. The van der Waals surface area contributed by atoms with Crippen LogP contribution in [0.5, 0.6) is 0 Å². The number of hydrogen-bond acceptors (Lipinski definition) is 6. The van der Waals surface area contributed by atoms with Crippen LogP contribution in [0.15, 0.2) is 18.2 Å². The van der Waals surface area contributed by atoms with Crippen molar-refractivity contribution < 1.29 is 4.92 Å². The first kappa shape index (κ1) is 11.3. The lowest BCUT2D eigenvalue weighted by atomic mass is 10.2. The zero-order valence-electron chi connectivity index (χ0n) is 8.42. The van der Waals surface area contributed by atoms with E-state index in [9.17, 15) is 10.1 Å². The maximum absolute atomic E-state index is 10.8. The second-order valence-corrected chi connectivity index (χ2v) is 3.48. The Morgan fingerprint density at radius 3 is 3.00 bits per heavy atom. The average molecular weight is 255 g/mol. The van der Waals surface area contributed by atoms with Gasteiger partial charge in [-0.1, -0.05) is 22.9 Å². The molecule has 2 rings (SSSR count). The zero-order valence-corrected chi connectivity index (χ0v) is 9.18. The molecule has 1 aromatic heterocycles. The molecule has 2 aromatic rings. The van der Waals surface area contributed by atoms with Gasteiger partial charge in [0.2, 0.25) is 0 Å². The van der Waals surface area contributed by atoms with Gasteiger partial charge in [0.15, 0.2) is 5.82 Å². The molecule has 0 saturated carbocycles. The van der Waals surface area contributed by atoms with Gasteiger partial charge in [0.25, 0.3) is 0 Å². The highest BCUT2D eigenvalue weighted by atomic mass is 35.5. The van der Waals surface area contributed by atoms with E-state index in [1.165, 1.54) is 6.07 Å². The molecule has 1 aromatic carbocycles. The number of anilines is 1. The average Bonchev–Trinajstić information content (AvgIpc) is 2.78. The molecule has 0 aliphatic rings. The lowest BCUT2D eigenvalue weighted by Crippen LogP contribution is -2.04. The molecule has 2 N–H and O–H groups in total. The van der Waals surface area contributed by atoms with Gasteiger partial charge in [0, 0.05) is 0 Å². The predicted molar refractivity (Wildman–Crippen MR) is 59.6 cm³/mol. The van der Waals surface area contributed by atoms with Gasteiger partial charge < -0.3 is 5.32 Å². The SMILES string of the molecule is O=[N+]([O-])c1c(Cl)cccc1NCc1nn[nH]n1. The van der Waals surface area contributed by atoms with Gasteiger partial charge in [0.1, 0.15) is 10.7 Å². The lowest BCUT2D eigenvalue weighted by Gasteiger charge is -2.05. The van der Waals surface area contributed by atoms with Crippen LogP contribution in [0.25, 0.3) is 0 Å². The Labute approximate surface area is 100 Å². The number of aromatic amines is 1. The Balaban J connectivity index is 2.21. The van der Waals surface area contributed by atoms with Crippen molar-refractivity contribution in [3.8, 4) is 0 Å². The fourth-order valence-electron chi connectivity index (χ4n) is 1.28. The normalized spacial score (nSPS) is 10.2. The van der Waals surface area contributed by atoms with E-state index in [2.05, 4.69) is 25.9 Å². The number of H-pyrrole nitrogens is 1. The molecule has 0 aliphatic carbocycles. The first-order chi connectivity index (χ1) is 8.18. The van der Waals surface area contributed by atoms with Gasteiger partial charge in [0.05, 0.1) is 11.5 Å². The summed E-state index contributed by atoms with van der Waals surface area (Å²) in [6.07, 6.45) is 0. The molecule has 88 valence electrons. The number of rotatable bonds is 4. The van der Waals surface area contributed by atoms with E-state index < -0.39 is 4.92 Å². The number of nitro groups is 1. The van der Waals surface area contributed by atoms with Gasteiger partial charge in [-0.3, -0.25) is 10.1 Å². The predicted octanol–water partition coefficient (Wildman–Crippen LogP) is 1.37. The summed E-state index contributed by atoms with van der Waals surface area (Å²) in [5.74, 6) is 0.402. The van der Waals surface area contributed by atoms with E-state index in [4.69, 9.17) is 11.6 Å². The number of hydrogen-bond donors (Lipinski definition) is 2. The zero-order chi connectivity index (χ0) is 12.3. The minimum Gasteiger partial charge on any atom is -0.372 e. The van der Waals surface area contributed by atoms with Crippen molar-refractivity contribution in [2.24, 2.45) is 0 Å². The van der Waals surface area contributed by atoms with Crippen molar-refractivity contribution in [2.75, 3.05) is 5.32 Å². The molecule has 17 heavy (non-hydrogen) atoms. The van der Waals surface area contributed by atoms with Crippen LogP contribution in [0.2, 0.25) is 5.02 Å². The van der Waals surface area contributed by atoms with Crippen LogP contribution in [0.1, 0.15) is 5.82 Å². The summed E-state index contributed by atoms with van der Waals surface area (Å²) >= 11 is 5.75. The van der Waals surface area contributed by atoms with E-state index in [1.54, 1.807) is 12.1 Å². The molecule has 0 spiro atoms. The van der Waals surface area contributed by atoms with Crippen molar-refractivity contribution in [1.29, 1.82) is 0 Å². The highest BCUT2D eigenvalue weighted by Gasteiger charge is 2.18. The van der Waals surface area contributed by atoms with Crippen LogP contribution >= 0.6 is 11.6 Å². The minimum absolute atomic E-state index is 0.0770. The van der Waals surface area contributed by atoms with Crippen LogP contribution in [0.4, 0.5) is 11.4 Å². The molecular weight excluding hydrogens is 248 g/mol. The van der Waals surface area contributed by atoms with Crippen molar-refractivity contribution in [2.45, 2.75) is 6.54 Å². The molecular formula is C8H7ClN6O2. The molecule has 9 heteroatoms. The smallest absolute Gasteiger partial charge is 0.310 e. The Hall–Kier alpha value is -2.22. The molecule has 0 fully saturated rings. The first-order valence-electron chi connectivity index (χ1n) is 4.57. The third-order valence-corrected chi connectivity index (χ3v) is 2.30. The molecule has 0 bridgehead atoms. The summed E-state index contributed by atoms with van der Waals surface area (Å²) in [6, 6.07) is 4.64. The van der Waals surface area contributed by atoms with Crippen molar-refractivity contribution in [3.63, 3.8) is 0 Å².